The van der Waals surface area contributed by atoms with Gasteiger partial charge in [0.2, 0.25) is 0 Å². The molecule has 6 heteroatoms. The van der Waals surface area contributed by atoms with Crippen LogP contribution in [0.3, 0.4) is 0 Å². The molecule has 0 aliphatic carbocycles. The lowest BCUT2D eigenvalue weighted by atomic mass is 10.1. The number of nitrogens with zero attached hydrogens (tertiary/aromatic N) is 4. The monoisotopic (exact) mass is 325 g/mol. The molecule has 3 aromatic heterocycles. The molecule has 6 nitrogen and oxygen atoms in total. The minimum atomic E-state index is 0. The number of hydrogen-bond acceptors (Lipinski definition) is 3. The molecular weight excluding hydrogens is 302 g/mol. The number of aryl methyl sites for hydroxylation is 1. The van der Waals surface area contributed by atoms with Crippen molar-refractivity contribution in [3.63, 3.8) is 0 Å². The molecule has 1 saturated heterocycles. The standard InChI is InChI=1S/C18H21N5O.H2/c1-11-4-5-12(2)23(11)18(24)15-8-13(9-22(15)3)16-14-6-7-19-17(14)21-10-20-16;/h6-12H,4-5H2,1-3H3,(H,19,20,21);1H/t11-,12-;/m1./s1. The van der Waals surface area contributed by atoms with E-state index in [1.54, 1.807) is 6.33 Å². The van der Waals surface area contributed by atoms with Gasteiger partial charge in [0.25, 0.3) is 5.91 Å². The van der Waals surface area contributed by atoms with Gasteiger partial charge in [0, 0.05) is 43.9 Å². The fourth-order valence-corrected chi connectivity index (χ4v) is 3.74. The number of fused-ring (bicyclic) bond motifs is 1. The molecule has 4 rings (SSSR count). The number of carbonyl (C=O) groups excluding carboxylic acids is 1. The average molecular weight is 325 g/mol. The lowest BCUT2D eigenvalue weighted by Gasteiger charge is -2.26. The average Bonchev–Trinajstić information content (AvgIpc) is 3.25. The first-order chi connectivity index (χ1) is 11.6. The number of aromatic nitrogens is 4. The summed E-state index contributed by atoms with van der Waals surface area (Å²) in [4.78, 5) is 26.8. The van der Waals surface area contributed by atoms with Crippen LogP contribution in [0.1, 0.15) is 38.6 Å². The van der Waals surface area contributed by atoms with Gasteiger partial charge in [-0.3, -0.25) is 4.79 Å². The largest absolute Gasteiger partial charge is 0.346 e. The summed E-state index contributed by atoms with van der Waals surface area (Å²) in [5.74, 6) is 0.0978. The van der Waals surface area contributed by atoms with Crippen LogP contribution in [0.4, 0.5) is 0 Å². The summed E-state index contributed by atoms with van der Waals surface area (Å²) in [5.41, 5.74) is 3.29. The van der Waals surface area contributed by atoms with E-state index in [0.717, 1.165) is 35.1 Å². The molecule has 0 spiro atoms. The Morgan fingerprint density at radius 1 is 1.29 bits per heavy atom. The second-order valence-electron chi connectivity index (χ2n) is 6.67. The zero-order valence-electron chi connectivity index (χ0n) is 14.2. The predicted octanol–water partition coefficient (Wildman–Crippen LogP) is 3.22. The first kappa shape index (κ1) is 14.9. The van der Waals surface area contributed by atoms with Crippen LogP contribution in [0.25, 0.3) is 22.3 Å². The molecule has 1 aliphatic rings. The molecule has 1 fully saturated rings. The summed E-state index contributed by atoms with van der Waals surface area (Å²) in [6.07, 6.45) is 7.51. The number of nitrogens with one attached hydrogen (secondary N) is 1. The van der Waals surface area contributed by atoms with E-state index in [9.17, 15) is 4.79 Å². The molecule has 0 radical (unpaired) electrons. The maximum absolute atomic E-state index is 13.0. The third-order valence-electron chi connectivity index (χ3n) is 5.04. The minimum absolute atomic E-state index is 0. The summed E-state index contributed by atoms with van der Waals surface area (Å²) < 4.78 is 1.90. The van der Waals surface area contributed by atoms with E-state index in [4.69, 9.17) is 0 Å². The highest BCUT2D eigenvalue weighted by Crippen LogP contribution is 2.29. The van der Waals surface area contributed by atoms with Crippen molar-refractivity contribution in [1.82, 2.24) is 24.4 Å². The molecule has 4 heterocycles. The third-order valence-corrected chi connectivity index (χ3v) is 5.04. The van der Waals surface area contributed by atoms with Crippen LogP contribution in [-0.4, -0.2) is 42.4 Å². The fourth-order valence-electron chi connectivity index (χ4n) is 3.74. The van der Waals surface area contributed by atoms with Gasteiger partial charge in [-0.2, -0.15) is 0 Å². The minimum Gasteiger partial charge on any atom is -0.346 e. The first-order valence-electron chi connectivity index (χ1n) is 8.33. The lowest BCUT2D eigenvalue weighted by Crippen LogP contribution is -2.39. The van der Waals surface area contributed by atoms with Gasteiger partial charge in [-0.15, -0.1) is 0 Å². The lowest BCUT2D eigenvalue weighted by molar-refractivity contribution is 0.0683. The highest BCUT2D eigenvalue weighted by Gasteiger charge is 2.33. The zero-order chi connectivity index (χ0) is 16.8. The molecule has 1 N–H and O–H groups in total. The van der Waals surface area contributed by atoms with E-state index < -0.39 is 0 Å². The Hall–Kier alpha value is -2.63. The van der Waals surface area contributed by atoms with Gasteiger partial charge in [0.05, 0.1) is 5.69 Å². The number of likely N-dealkylation sites (tertiary alicyclic amines) is 1. The number of carbonyl (C=O) groups is 1. The molecule has 2 atom stereocenters. The second-order valence-corrected chi connectivity index (χ2v) is 6.67. The van der Waals surface area contributed by atoms with Crippen molar-refractivity contribution < 1.29 is 6.22 Å². The smallest absolute Gasteiger partial charge is 0.270 e. The van der Waals surface area contributed by atoms with Crippen molar-refractivity contribution in [2.75, 3.05) is 0 Å². The number of aromatic amines is 1. The van der Waals surface area contributed by atoms with Gasteiger partial charge in [-0.25, -0.2) is 9.97 Å². The number of amides is 1. The molecule has 0 unspecified atom stereocenters. The van der Waals surface area contributed by atoms with E-state index >= 15 is 0 Å². The number of H-pyrrole nitrogens is 1. The molecule has 1 amide bonds. The number of rotatable bonds is 2. The van der Waals surface area contributed by atoms with E-state index in [-0.39, 0.29) is 7.33 Å². The SMILES string of the molecule is C[C@@H]1CC[C@@H](C)N1C(=O)c1cc(-c2ncnc3[nH]ccc23)cn1C.[HH]. The van der Waals surface area contributed by atoms with Crippen LogP contribution in [-0.2, 0) is 7.05 Å². The maximum atomic E-state index is 13.0. The van der Waals surface area contributed by atoms with Gasteiger partial charge in [0.1, 0.15) is 17.7 Å². The first-order valence-corrected chi connectivity index (χ1v) is 8.33. The molecule has 0 aromatic carbocycles. The maximum Gasteiger partial charge on any atom is 0.270 e. The van der Waals surface area contributed by atoms with Gasteiger partial charge < -0.3 is 14.5 Å². The van der Waals surface area contributed by atoms with Crippen LogP contribution in [0.15, 0.2) is 30.9 Å². The van der Waals surface area contributed by atoms with Crippen molar-refractivity contribution in [3.05, 3.63) is 36.5 Å². The summed E-state index contributed by atoms with van der Waals surface area (Å²) in [7, 11) is 1.91. The zero-order valence-corrected chi connectivity index (χ0v) is 14.2. The van der Waals surface area contributed by atoms with Gasteiger partial charge in [0.15, 0.2) is 0 Å². The van der Waals surface area contributed by atoms with E-state index in [1.807, 2.05) is 41.0 Å². The van der Waals surface area contributed by atoms with E-state index in [1.165, 1.54) is 0 Å². The van der Waals surface area contributed by atoms with Crippen molar-refractivity contribution in [3.8, 4) is 11.3 Å². The normalized spacial score (nSPS) is 20.9. The summed E-state index contributed by atoms with van der Waals surface area (Å²) in [5, 5.41) is 0.963. The fraction of sp³-hybridized carbons (Fsp3) is 0.389. The molecule has 0 bridgehead atoms. The van der Waals surface area contributed by atoms with Crippen LogP contribution in [0.5, 0.6) is 0 Å². The van der Waals surface area contributed by atoms with Crippen LogP contribution in [0.2, 0.25) is 0 Å². The van der Waals surface area contributed by atoms with Crippen molar-refractivity contribution in [1.29, 1.82) is 0 Å². The van der Waals surface area contributed by atoms with Crippen molar-refractivity contribution in [2.45, 2.75) is 38.8 Å². The Morgan fingerprint density at radius 2 is 2.04 bits per heavy atom. The van der Waals surface area contributed by atoms with Gasteiger partial charge >= 0.3 is 0 Å². The molecule has 0 saturated carbocycles. The van der Waals surface area contributed by atoms with Crippen LogP contribution >= 0.6 is 0 Å². The van der Waals surface area contributed by atoms with E-state index in [2.05, 4.69) is 28.8 Å². The number of hydrogen-bond donors (Lipinski definition) is 1. The molecule has 126 valence electrons. The van der Waals surface area contributed by atoms with E-state index in [0.29, 0.717) is 17.8 Å². The Balaban J connectivity index is 0.00000182. The van der Waals surface area contributed by atoms with Gasteiger partial charge in [-0.05, 0) is 38.8 Å². The molecule has 24 heavy (non-hydrogen) atoms. The predicted molar refractivity (Wildman–Crippen MR) is 94.7 cm³/mol. The van der Waals surface area contributed by atoms with Crippen molar-refractivity contribution >= 4 is 16.9 Å². The van der Waals surface area contributed by atoms with Crippen LogP contribution in [0, 0.1) is 0 Å². The third kappa shape index (κ3) is 2.21. The summed E-state index contributed by atoms with van der Waals surface area (Å²) in [6, 6.07) is 4.49. The Labute approximate surface area is 142 Å². The second kappa shape index (κ2) is 5.47. The Morgan fingerprint density at radius 3 is 2.79 bits per heavy atom. The topological polar surface area (TPSA) is 66.8 Å². The van der Waals surface area contributed by atoms with Gasteiger partial charge in [-0.1, -0.05) is 0 Å². The highest BCUT2D eigenvalue weighted by molar-refractivity contribution is 5.97. The molecule has 1 aliphatic heterocycles. The Kier molecular flexibility index (Phi) is 3.40. The summed E-state index contributed by atoms with van der Waals surface area (Å²) >= 11 is 0. The van der Waals surface area contributed by atoms with Crippen LogP contribution < -0.4 is 0 Å². The quantitative estimate of drug-likeness (QED) is 0.786. The summed E-state index contributed by atoms with van der Waals surface area (Å²) in [6.45, 7) is 4.25. The van der Waals surface area contributed by atoms with Crippen molar-refractivity contribution in [2.24, 2.45) is 7.05 Å². The Bertz CT molecular complexity index is 905. The highest BCUT2D eigenvalue weighted by atomic mass is 16.2. The molecular formula is C18H23N5O. The molecule has 3 aromatic rings.